The number of carboxylic acids is 1. The standard InChI is InChI=1S/C11H16O4/c1-4-8(2)11(14)15-7-5-6-9(3)10(12)13/h2-7H2,1H3,(H,12,13). The van der Waals surface area contributed by atoms with Gasteiger partial charge >= 0.3 is 11.9 Å². The Morgan fingerprint density at radius 1 is 1.27 bits per heavy atom. The lowest BCUT2D eigenvalue weighted by molar-refractivity contribution is -0.139. The lowest BCUT2D eigenvalue weighted by Gasteiger charge is -2.05. The van der Waals surface area contributed by atoms with E-state index in [9.17, 15) is 9.59 Å². The lowest BCUT2D eigenvalue weighted by atomic mass is 10.2. The van der Waals surface area contributed by atoms with E-state index in [0.717, 1.165) is 0 Å². The second-order valence-electron chi connectivity index (χ2n) is 3.11. The first kappa shape index (κ1) is 13.4. The van der Waals surface area contributed by atoms with Crippen LogP contribution in [-0.2, 0) is 14.3 Å². The fourth-order valence-electron chi connectivity index (χ4n) is 0.804. The third kappa shape index (κ3) is 5.67. The van der Waals surface area contributed by atoms with Gasteiger partial charge in [0, 0.05) is 11.1 Å². The van der Waals surface area contributed by atoms with E-state index in [0.29, 0.717) is 24.8 Å². The molecule has 0 bridgehead atoms. The van der Waals surface area contributed by atoms with Gasteiger partial charge in [-0.05, 0) is 19.3 Å². The second kappa shape index (κ2) is 6.81. The molecule has 0 aromatic rings. The van der Waals surface area contributed by atoms with Gasteiger partial charge in [-0.15, -0.1) is 0 Å². The topological polar surface area (TPSA) is 63.6 Å². The summed E-state index contributed by atoms with van der Waals surface area (Å²) >= 11 is 0. The first-order chi connectivity index (χ1) is 6.99. The molecule has 0 radical (unpaired) electrons. The molecule has 0 heterocycles. The van der Waals surface area contributed by atoms with Crippen molar-refractivity contribution in [3.8, 4) is 0 Å². The number of esters is 1. The molecule has 4 heteroatoms. The van der Waals surface area contributed by atoms with Crippen LogP contribution in [0.4, 0.5) is 0 Å². The molecule has 0 rings (SSSR count). The number of hydrogen-bond acceptors (Lipinski definition) is 3. The third-order valence-corrected chi connectivity index (χ3v) is 1.87. The second-order valence-corrected chi connectivity index (χ2v) is 3.11. The van der Waals surface area contributed by atoms with Crippen LogP contribution in [0.5, 0.6) is 0 Å². The monoisotopic (exact) mass is 212 g/mol. The lowest BCUT2D eigenvalue weighted by Crippen LogP contribution is -2.08. The highest BCUT2D eigenvalue weighted by Crippen LogP contribution is 2.04. The minimum atomic E-state index is -1.01. The van der Waals surface area contributed by atoms with Crippen molar-refractivity contribution in [1.29, 1.82) is 0 Å². The van der Waals surface area contributed by atoms with Gasteiger partial charge in [0.2, 0.25) is 0 Å². The van der Waals surface area contributed by atoms with Crippen LogP contribution in [0.25, 0.3) is 0 Å². The molecule has 0 aliphatic heterocycles. The summed E-state index contributed by atoms with van der Waals surface area (Å²) in [6, 6.07) is 0. The van der Waals surface area contributed by atoms with Crippen LogP contribution >= 0.6 is 0 Å². The molecule has 0 aromatic heterocycles. The number of carbonyl (C=O) groups is 2. The molecule has 0 spiro atoms. The van der Waals surface area contributed by atoms with Crippen LogP contribution in [0.15, 0.2) is 24.3 Å². The van der Waals surface area contributed by atoms with Crippen molar-refractivity contribution in [3.05, 3.63) is 24.3 Å². The zero-order valence-electron chi connectivity index (χ0n) is 8.91. The van der Waals surface area contributed by atoms with Gasteiger partial charge in [-0.2, -0.15) is 0 Å². The van der Waals surface area contributed by atoms with Crippen LogP contribution in [0.3, 0.4) is 0 Å². The van der Waals surface area contributed by atoms with E-state index in [4.69, 9.17) is 9.84 Å². The van der Waals surface area contributed by atoms with E-state index in [1.165, 1.54) is 0 Å². The maximum absolute atomic E-state index is 11.1. The molecule has 0 aromatic carbocycles. The Morgan fingerprint density at radius 2 is 1.87 bits per heavy atom. The van der Waals surface area contributed by atoms with Crippen molar-refractivity contribution in [1.82, 2.24) is 0 Å². The summed E-state index contributed by atoms with van der Waals surface area (Å²) in [6.07, 6.45) is 1.34. The Kier molecular flexibility index (Phi) is 6.09. The number of aliphatic carboxylic acids is 1. The van der Waals surface area contributed by atoms with Crippen molar-refractivity contribution in [2.45, 2.75) is 26.2 Å². The third-order valence-electron chi connectivity index (χ3n) is 1.87. The number of carbonyl (C=O) groups excluding carboxylic acids is 1. The first-order valence-corrected chi connectivity index (χ1v) is 4.75. The minimum absolute atomic E-state index is 0.125. The van der Waals surface area contributed by atoms with Gasteiger partial charge in [-0.1, -0.05) is 20.1 Å². The molecular formula is C11H16O4. The zero-order valence-corrected chi connectivity index (χ0v) is 8.91. The van der Waals surface area contributed by atoms with Crippen molar-refractivity contribution >= 4 is 11.9 Å². The van der Waals surface area contributed by atoms with Crippen molar-refractivity contribution in [2.24, 2.45) is 0 Å². The van der Waals surface area contributed by atoms with E-state index < -0.39 is 11.9 Å². The Bertz CT molecular complexity index is 278. The van der Waals surface area contributed by atoms with Gasteiger partial charge in [-0.25, -0.2) is 9.59 Å². The maximum Gasteiger partial charge on any atom is 0.333 e. The average molecular weight is 212 g/mol. The Morgan fingerprint density at radius 3 is 2.33 bits per heavy atom. The van der Waals surface area contributed by atoms with E-state index in [-0.39, 0.29) is 12.2 Å². The molecule has 0 fully saturated rings. The van der Waals surface area contributed by atoms with Crippen molar-refractivity contribution in [3.63, 3.8) is 0 Å². The van der Waals surface area contributed by atoms with Gasteiger partial charge in [0.05, 0.1) is 6.61 Å². The quantitative estimate of drug-likeness (QED) is 0.398. The smallest absolute Gasteiger partial charge is 0.333 e. The van der Waals surface area contributed by atoms with Gasteiger partial charge in [0.1, 0.15) is 0 Å². The van der Waals surface area contributed by atoms with E-state index in [1.54, 1.807) is 0 Å². The zero-order chi connectivity index (χ0) is 11.8. The van der Waals surface area contributed by atoms with E-state index in [1.807, 2.05) is 6.92 Å². The fraction of sp³-hybridized carbons (Fsp3) is 0.455. The molecule has 0 aliphatic rings. The normalized spacial score (nSPS) is 9.40. The number of hydrogen-bond donors (Lipinski definition) is 1. The Hall–Kier alpha value is -1.58. The van der Waals surface area contributed by atoms with Crippen molar-refractivity contribution < 1.29 is 19.4 Å². The molecule has 0 amide bonds. The predicted octanol–water partition coefficient (Wildman–Crippen LogP) is 1.92. The highest BCUT2D eigenvalue weighted by Gasteiger charge is 2.07. The number of rotatable bonds is 7. The molecule has 15 heavy (non-hydrogen) atoms. The number of ether oxygens (including phenoxy) is 1. The Labute approximate surface area is 89.2 Å². The van der Waals surface area contributed by atoms with Gasteiger partial charge < -0.3 is 9.84 Å². The van der Waals surface area contributed by atoms with Crippen LogP contribution < -0.4 is 0 Å². The highest BCUT2D eigenvalue weighted by molar-refractivity contribution is 5.87. The summed E-state index contributed by atoms with van der Waals surface area (Å²) in [6.45, 7) is 8.91. The van der Waals surface area contributed by atoms with E-state index in [2.05, 4.69) is 13.2 Å². The van der Waals surface area contributed by atoms with Crippen LogP contribution in [-0.4, -0.2) is 23.7 Å². The van der Waals surface area contributed by atoms with Gasteiger partial charge in [0.15, 0.2) is 0 Å². The molecule has 1 N–H and O–H groups in total. The first-order valence-electron chi connectivity index (χ1n) is 4.75. The van der Waals surface area contributed by atoms with E-state index >= 15 is 0 Å². The SMILES string of the molecule is C=C(CCCOC(=O)C(=C)CC)C(=O)O. The summed E-state index contributed by atoms with van der Waals surface area (Å²) in [5.41, 5.74) is 0.549. The average Bonchev–Trinajstić information content (AvgIpc) is 2.22. The molecule has 4 nitrogen and oxygen atoms in total. The summed E-state index contributed by atoms with van der Waals surface area (Å²) in [7, 11) is 0. The molecule has 0 aliphatic carbocycles. The minimum Gasteiger partial charge on any atom is -0.478 e. The van der Waals surface area contributed by atoms with Crippen molar-refractivity contribution in [2.75, 3.05) is 6.61 Å². The molecule has 0 saturated heterocycles. The summed E-state index contributed by atoms with van der Waals surface area (Å²) in [4.78, 5) is 21.5. The molecule has 0 saturated carbocycles. The predicted molar refractivity (Wildman–Crippen MR) is 56.4 cm³/mol. The number of carboxylic acid groups (broad SMARTS) is 1. The fourth-order valence-corrected chi connectivity index (χ4v) is 0.804. The molecule has 0 atom stereocenters. The maximum atomic E-state index is 11.1. The summed E-state index contributed by atoms with van der Waals surface area (Å²) < 4.78 is 4.85. The Balaban J connectivity index is 3.64. The van der Waals surface area contributed by atoms with Crippen LogP contribution in [0.2, 0.25) is 0 Å². The molecule has 84 valence electrons. The van der Waals surface area contributed by atoms with Gasteiger partial charge in [0.25, 0.3) is 0 Å². The molecule has 0 unspecified atom stereocenters. The van der Waals surface area contributed by atoms with Crippen LogP contribution in [0.1, 0.15) is 26.2 Å². The summed E-state index contributed by atoms with van der Waals surface area (Å²) in [5, 5.41) is 8.50. The highest BCUT2D eigenvalue weighted by atomic mass is 16.5. The largest absolute Gasteiger partial charge is 0.478 e. The van der Waals surface area contributed by atoms with Crippen LogP contribution in [0, 0.1) is 0 Å². The molecular weight excluding hydrogens is 196 g/mol. The summed E-state index contributed by atoms with van der Waals surface area (Å²) in [5.74, 6) is -1.43. The van der Waals surface area contributed by atoms with Gasteiger partial charge in [-0.3, -0.25) is 0 Å².